The maximum absolute atomic E-state index is 13.1. The van der Waals surface area contributed by atoms with Crippen molar-refractivity contribution in [3.63, 3.8) is 0 Å². The number of benzene rings is 1. The van der Waals surface area contributed by atoms with Gasteiger partial charge in [0.1, 0.15) is 5.75 Å². The Morgan fingerprint density at radius 1 is 1.09 bits per heavy atom. The van der Waals surface area contributed by atoms with Crippen LogP contribution in [0.25, 0.3) is 0 Å². The van der Waals surface area contributed by atoms with Crippen LogP contribution < -0.4 is 20.3 Å². The van der Waals surface area contributed by atoms with E-state index in [4.69, 9.17) is 44.9 Å². The molecule has 1 saturated carbocycles. The molecule has 1 aromatic carbocycles. The van der Waals surface area contributed by atoms with Crippen molar-refractivity contribution in [2.24, 2.45) is 0 Å². The summed E-state index contributed by atoms with van der Waals surface area (Å²) in [6.45, 7) is 12.1. The van der Waals surface area contributed by atoms with Crippen molar-refractivity contribution in [3.8, 4) is 5.75 Å². The van der Waals surface area contributed by atoms with Gasteiger partial charge in [-0.05, 0) is 91.7 Å². The molecule has 1 atom stereocenters. The Balaban J connectivity index is 1.47. The summed E-state index contributed by atoms with van der Waals surface area (Å²) in [4.78, 5) is 18.9. The van der Waals surface area contributed by atoms with Crippen LogP contribution >= 0.6 is 19.4 Å². The summed E-state index contributed by atoms with van der Waals surface area (Å²) < 4.78 is 34.9. The van der Waals surface area contributed by atoms with Crippen LogP contribution in [0.15, 0.2) is 30.5 Å². The third kappa shape index (κ3) is 11.3. The minimum Gasteiger partial charge on any atom is -0.465 e. The summed E-state index contributed by atoms with van der Waals surface area (Å²) in [5.41, 5.74) is -0.113. The zero-order valence-corrected chi connectivity index (χ0v) is 29.1. The third-order valence-electron chi connectivity index (χ3n) is 7.63. The first-order valence-corrected chi connectivity index (χ1v) is 17.6. The molecule has 1 saturated heterocycles. The van der Waals surface area contributed by atoms with Crippen molar-refractivity contribution in [1.82, 2.24) is 19.9 Å². The standard InChI is InChI=1S/C31H49ClN7O5P/c1-22(2)43-45(40,44-31(3,4)5)42-21-41-27-15-14-24(20-26(27)32)34-29-35-28(33-23-12-10-8-9-11-13-23)36-30(37-29)39(7)25-16-18-38(6)19-17-25/h14-15,20,23,25H,1,8-13,16-19,21H2,2-7H3,(H2,33,34,35,36,37). The lowest BCUT2D eigenvalue weighted by Crippen LogP contribution is -2.42. The van der Waals surface area contributed by atoms with Gasteiger partial charge in [-0.1, -0.05) is 43.9 Å². The van der Waals surface area contributed by atoms with Gasteiger partial charge in [-0.2, -0.15) is 15.0 Å². The molecule has 0 spiro atoms. The molecule has 2 N–H and O–H groups in total. The molecule has 2 heterocycles. The van der Waals surface area contributed by atoms with Crippen LogP contribution in [0.3, 0.4) is 0 Å². The number of aromatic nitrogens is 3. The number of phosphoric acid groups is 1. The highest BCUT2D eigenvalue weighted by atomic mass is 35.5. The van der Waals surface area contributed by atoms with E-state index in [1.54, 1.807) is 45.9 Å². The molecule has 14 heteroatoms. The zero-order chi connectivity index (χ0) is 32.6. The summed E-state index contributed by atoms with van der Waals surface area (Å²) in [5.74, 6) is 2.13. The average molecular weight is 666 g/mol. The van der Waals surface area contributed by atoms with Gasteiger partial charge in [-0.25, -0.2) is 9.09 Å². The Kier molecular flexibility index (Phi) is 12.4. The van der Waals surface area contributed by atoms with Crippen LogP contribution in [0.1, 0.15) is 79.1 Å². The van der Waals surface area contributed by atoms with Gasteiger partial charge >= 0.3 is 7.82 Å². The van der Waals surface area contributed by atoms with E-state index in [2.05, 4.69) is 41.1 Å². The molecule has 1 aromatic heterocycles. The number of hydrogen-bond donors (Lipinski definition) is 2. The SMILES string of the molecule is C=C(C)OP(=O)(OCOc1ccc(Nc2nc(NC3CCCCCC3)nc(N(C)C3CCN(C)CC3)n2)cc1Cl)OC(C)(C)C. The van der Waals surface area contributed by atoms with Crippen LogP contribution in [0.4, 0.5) is 23.5 Å². The minimum atomic E-state index is -3.97. The molecule has 1 aliphatic carbocycles. The van der Waals surface area contributed by atoms with Crippen molar-refractivity contribution in [3.05, 3.63) is 35.6 Å². The van der Waals surface area contributed by atoms with Gasteiger partial charge in [-0.15, -0.1) is 0 Å². The molecule has 2 aromatic rings. The minimum absolute atomic E-state index is 0.197. The molecule has 0 bridgehead atoms. The molecule has 4 rings (SSSR count). The van der Waals surface area contributed by atoms with E-state index < -0.39 is 20.2 Å². The molecular weight excluding hydrogens is 617 g/mol. The van der Waals surface area contributed by atoms with Gasteiger partial charge in [0.15, 0.2) is 0 Å². The lowest BCUT2D eigenvalue weighted by molar-refractivity contribution is 0.0207. The van der Waals surface area contributed by atoms with E-state index in [0.29, 0.717) is 46.4 Å². The van der Waals surface area contributed by atoms with Crippen molar-refractivity contribution in [2.75, 3.05) is 49.5 Å². The predicted octanol–water partition coefficient (Wildman–Crippen LogP) is 7.76. The number of halogens is 1. The summed E-state index contributed by atoms with van der Waals surface area (Å²) >= 11 is 6.56. The highest BCUT2D eigenvalue weighted by molar-refractivity contribution is 7.48. The Hall–Kier alpha value is -2.63. The highest BCUT2D eigenvalue weighted by Crippen LogP contribution is 2.54. The Labute approximate surface area is 272 Å². The lowest BCUT2D eigenvalue weighted by atomic mass is 10.0. The molecule has 1 aliphatic heterocycles. The number of hydrogen-bond acceptors (Lipinski definition) is 12. The van der Waals surface area contributed by atoms with Crippen LogP contribution in [-0.2, 0) is 18.1 Å². The van der Waals surface area contributed by atoms with Crippen LogP contribution in [0, 0.1) is 0 Å². The number of likely N-dealkylation sites (tertiary alicyclic amines) is 1. The quantitative estimate of drug-likeness (QED) is 0.0940. The number of piperidine rings is 1. The van der Waals surface area contributed by atoms with E-state index in [1.807, 2.05) is 0 Å². The Morgan fingerprint density at radius 3 is 2.38 bits per heavy atom. The van der Waals surface area contributed by atoms with E-state index in [1.165, 1.54) is 25.7 Å². The fourth-order valence-electron chi connectivity index (χ4n) is 5.37. The van der Waals surface area contributed by atoms with E-state index in [-0.39, 0.29) is 5.76 Å². The zero-order valence-electron chi connectivity index (χ0n) is 27.5. The maximum atomic E-state index is 13.1. The smallest absolute Gasteiger partial charge is 0.465 e. The lowest BCUT2D eigenvalue weighted by Gasteiger charge is -2.35. The Morgan fingerprint density at radius 2 is 1.76 bits per heavy atom. The number of nitrogens with zero attached hydrogens (tertiary/aromatic N) is 5. The average Bonchev–Trinajstić information content (AvgIpc) is 3.21. The predicted molar refractivity (Wildman–Crippen MR) is 180 cm³/mol. The molecule has 2 fully saturated rings. The summed E-state index contributed by atoms with van der Waals surface area (Å²) in [5, 5.41) is 7.19. The third-order valence-corrected chi connectivity index (χ3v) is 9.65. The van der Waals surface area contributed by atoms with Gasteiger partial charge in [0.2, 0.25) is 24.6 Å². The largest absolute Gasteiger partial charge is 0.533 e. The van der Waals surface area contributed by atoms with Crippen LogP contribution in [0.2, 0.25) is 5.02 Å². The topological polar surface area (TPSA) is 123 Å². The highest BCUT2D eigenvalue weighted by Gasteiger charge is 2.34. The Bertz CT molecular complexity index is 1330. The first-order valence-electron chi connectivity index (χ1n) is 15.7. The number of ether oxygens (including phenoxy) is 1. The van der Waals surface area contributed by atoms with Crippen molar-refractivity contribution < 1.29 is 22.9 Å². The second kappa shape index (κ2) is 15.8. The number of phosphoric ester groups is 1. The van der Waals surface area contributed by atoms with Gasteiger partial charge in [0.25, 0.3) is 0 Å². The molecule has 2 aliphatic rings. The molecule has 1 unspecified atom stereocenters. The summed E-state index contributed by atoms with van der Waals surface area (Å²) in [7, 11) is 0.247. The van der Waals surface area contributed by atoms with Gasteiger partial charge in [-0.3, -0.25) is 4.52 Å². The van der Waals surface area contributed by atoms with E-state index >= 15 is 0 Å². The second-order valence-corrected chi connectivity index (χ2v) is 14.8. The number of rotatable bonds is 13. The maximum Gasteiger partial charge on any atom is 0.533 e. The van der Waals surface area contributed by atoms with Crippen molar-refractivity contribution in [2.45, 2.75) is 96.7 Å². The molecule has 0 radical (unpaired) electrons. The summed E-state index contributed by atoms with van der Waals surface area (Å²) in [6.07, 6.45) is 9.25. The molecule has 12 nitrogen and oxygen atoms in total. The van der Waals surface area contributed by atoms with Crippen LogP contribution in [-0.4, -0.2) is 71.5 Å². The van der Waals surface area contributed by atoms with Gasteiger partial charge < -0.3 is 29.7 Å². The molecule has 0 amide bonds. The molecule has 45 heavy (non-hydrogen) atoms. The number of anilines is 4. The normalized spacial score (nSPS) is 18.5. The monoisotopic (exact) mass is 665 g/mol. The molecular formula is C31H49ClN7O5P. The number of nitrogens with one attached hydrogen (secondary N) is 2. The second-order valence-electron chi connectivity index (χ2n) is 12.9. The van der Waals surface area contributed by atoms with Gasteiger partial charge in [0, 0.05) is 24.8 Å². The van der Waals surface area contributed by atoms with Crippen LogP contribution in [0.5, 0.6) is 5.75 Å². The van der Waals surface area contributed by atoms with Gasteiger partial charge in [0.05, 0.1) is 16.4 Å². The fraction of sp³-hybridized carbons (Fsp3) is 0.645. The first kappa shape index (κ1) is 35.2. The molecule has 250 valence electrons. The number of allylic oxidation sites excluding steroid dienone is 1. The van der Waals surface area contributed by atoms with E-state index in [9.17, 15) is 4.57 Å². The first-order chi connectivity index (χ1) is 21.3. The fourth-order valence-corrected chi connectivity index (χ4v) is 6.98. The van der Waals surface area contributed by atoms with Crippen molar-refractivity contribution in [1.29, 1.82) is 0 Å². The summed E-state index contributed by atoms with van der Waals surface area (Å²) in [6, 6.07) is 5.86. The van der Waals surface area contributed by atoms with E-state index in [0.717, 1.165) is 38.8 Å². The van der Waals surface area contributed by atoms with Crippen molar-refractivity contribution >= 4 is 43.0 Å².